The van der Waals surface area contributed by atoms with Gasteiger partial charge in [-0.05, 0) is 40.0 Å². The van der Waals surface area contributed by atoms with Crippen LogP contribution in [-0.4, -0.2) is 79.0 Å². The van der Waals surface area contributed by atoms with Gasteiger partial charge in [0.2, 0.25) is 33.7 Å². The topological polar surface area (TPSA) is 159 Å². The number of hydrogen-bond donors (Lipinski definition) is 3. The monoisotopic (exact) mass is 653 g/mol. The fraction of sp³-hybridized carbons (Fsp3) is 0.529. The molecule has 3 atom stereocenters. The van der Waals surface area contributed by atoms with E-state index >= 15 is 0 Å². The van der Waals surface area contributed by atoms with E-state index in [1.54, 1.807) is 9.21 Å². The van der Waals surface area contributed by atoms with Gasteiger partial charge in [0.15, 0.2) is 0 Å². The highest BCUT2D eigenvalue weighted by molar-refractivity contribution is 7.89. The lowest BCUT2D eigenvalue weighted by molar-refractivity contribution is -0.133. The van der Waals surface area contributed by atoms with Crippen LogP contribution in [0.25, 0.3) is 0 Å². The Balaban J connectivity index is 1.28. The van der Waals surface area contributed by atoms with Crippen molar-refractivity contribution in [3.05, 3.63) is 64.7 Å². The van der Waals surface area contributed by atoms with Crippen molar-refractivity contribution in [2.24, 2.45) is 5.73 Å². The standard InChI is InChI=1S/C34H47N5O6S/c1-20(2)24-15-25(21(3)4)33(26(16-24)22(5)6)46(44,45)39-28-18-38(19-29(28)39)32(42)13-12-30(40)36-17-31(41)37-27(34(35)43)14-23-10-8-7-9-11-23/h7-11,15-16,20-22,27-29H,12-14,17-19H2,1-6H3,(H2,35,43)(H,36,40)(H,37,41)/t27-,28?,29?,39?/m0/s1. The van der Waals surface area contributed by atoms with E-state index in [1.165, 1.54) is 0 Å². The van der Waals surface area contributed by atoms with Crippen molar-refractivity contribution >= 4 is 33.7 Å². The molecule has 0 bridgehead atoms. The van der Waals surface area contributed by atoms with Crippen molar-refractivity contribution in [1.82, 2.24) is 19.8 Å². The molecule has 11 nitrogen and oxygen atoms in total. The molecule has 250 valence electrons. The molecule has 2 aliphatic rings. The van der Waals surface area contributed by atoms with Crippen molar-refractivity contribution in [3.63, 3.8) is 0 Å². The van der Waals surface area contributed by atoms with Gasteiger partial charge in [-0.2, -0.15) is 4.31 Å². The minimum absolute atomic E-state index is 0.0231. The normalized spacial score (nSPS) is 19.7. The summed E-state index contributed by atoms with van der Waals surface area (Å²) in [7, 11) is -3.78. The zero-order chi connectivity index (χ0) is 33.9. The van der Waals surface area contributed by atoms with Gasteiger partial charge >= 0.3 is 0 Å². The average Bonchev–Trinajstić information content (AvgIpc) is 3.53. The summed E-state index contributed by atoms with van der Waals surface area (Å²) in [6, 6.07) is 11.7. The number of amides is 4. The molecule has 2 unspecified atom stereocenters. The summed E-state index contributed by atoms with van der Waals surface area (Å²) < 4.78 is 29.7. The second kappa shape index (κ2) is 14.3. The minimum atomic E-state index is -3.78. The lowest BCUT2D eigenvalue weighted by atomic mass is 9.89. The van der Waals surface area contributed by atoms with Crippen molar-refractivity contribution in [1.29, 1.82) is 0 Å². The number of fused-ring (bicyclic) bond motifs is 1. The van der Waals surface area contributed by atoms with E-state index in [1.807, 2.05) is 70.2 Å². The second-order valence-electron chi connectivity index (χ2n) is 13.2. The van der Waals surface area contributed by atoms with Crippen LogP contribution in [0.5, 0.6) is 0 Å². The van der Waals surface area contributed by atoms with Crippen LogP contribution in [0.1, 0.15) is 94.4 Å². The van der Waals surface area contributed by atoms with Gasteiger partial charge in [0, 0.05) is 32.4 Å². The van der Waals surface area contributed by atoms with Crippen LogP contribution >= 0.6 is 0 Å². The summed E-state index contributed by atoms with van der Waals surface area (Å²) in [6.45, 7) is 12.5. The zero-order valence-electron chi connectivity index (χ0n) is 27.6. The zero-order valence-corrected chi connectivity index (χ0v) is 28.4. The Hall–Kier alpha value is -3.77. The predicted octanol–water partition coefficient (Wildman–Crippen LogP) is 2.75. The molecule has 4 rings (SSSR count). The Morgan fingerprint density at radius 2 is 1.41 bits per heavy atom. The molecule has 0 aromatic heterocycles. The molecule has 0 aliphatic carbocycles. The van der Waals surface area contributed by atoms with E-state index in [0.29, 0.717) is 4.90 Å². The molecule has 2 aromatic carbocycles. The van der Waals surface area contributed by atoms with Crippen LogP contribution in [0, 0.1) is 0 Å². The Morgan fingerprint density at radius 1 is 0.848 bits per heavy atom. The summed E-state index contributed by atoms with van der Waals surface area (Å²) in [6.07, 6.45) is 0.0350. The number of carbonyl (C=O) groups is 4. The van der Waals surface area contributed by atoms with Crippen LogP contribution in [0.15, 0.2) is 47.4 Å². The van der Waals surface area contributed by atoms with Gasteiger partial charge in [-0.3, -0.25) is 19.2 Å². The summed E-state index contributed by atoms with van der Waals surface area (Å²) in [4.78, 5) is 51.5. The second-order valence-corrected chi connectivity index (χ2v) is 15.0. The van der Waals surface area contributed by atoms with Gasteiger partial charge < -0.3 is 21.3 Å². The molecule has 2 heterocycles. The van der Waals surface area contributed by atoms with Gasteiger partial charge in [0.1, 0.15) is 6.04 Å². The average molecular weight is 654 g/mol. The molecule has 2 aliphatic heterocycles. The number of rotatable bonds is 14. The number of likely N-dealkylation sites (tertiary alicyclic amines) is 1. The van der Waals surface area contributed by atoms with Gasteiger partial charge in [0.25, 0.3) is 0 Å². The maximum atomic E-state index is 14.1. The van der Waals surface area contributed by atoms with E-state index in [9.17, 15) is 27.6 Å². The van der Waals surface area contributed by atoms with Crippen molar-refractivity contribution in [2.45, 2.75) is 102 Å². The van der Waals surface area contributed by atoms with Crippen molar-refractivity contribution in [3.8, 4) is 0 Å². The number of piperazine rings is 1. The SMILES string of the molecule is CC(C)c1cc(C(C)C)c(S(=O)(=O)N2C3CN(C(=O)CCC(=O)NCC(=O)N[C@@H](Cc4ccccc4)C(N)=O)CC32)c(C(C)C)c1. The molecule has 46 heavy (non-hydrogen) atoms. The molecule has 4 N–H and O–H groups in total. The van der Waals surface area contributed by atoms with E-state index in [2.05, 4.69) is 24.5 Å². The van der Waals surface area contributed by atoms with Crippen LogP contribution < -0.4 is 16.4 Å². The number of nitrogens with zero attached hydrogens (tertiary/aromatic N) is 2. The molecular weight excluding hydrogens is 606 g/mol. The highest BCUT2D eigenvalue weighted by Crippen LogP contribution is 2.45. The van der Waals surface area contributed by atoms with Crippen LogP contribution in [0.3, 0.4) is 0 Å². The summed E-state index contributed by atoms with van der Waals surface area (Å²) >= 11 is 0. The molecule has 4 amide bonds. The number of carbonyl (C=O) groups excluding carboxylic acids is 4. The van der Waals surface area contributed by atoms with Crippen molar-refractivity contribution < 1.29 is 27.6 Å². The molecule has 0 saturated carbocycles. The molecular formula is C34H47N5O6S. The smallest absolute Gasteiger partial charge is 0.244 e. The summed E-state index contributed by atoms with van der Waals surface area (Å²) in [5.74, 6) is -1.67. The highest BCUT2D eigenvalue weighted by Gasteiger charge is 2.61. The first-order valence-corrected chi connectivity index (χ1v) is 17.4. The van der Waals surface area contributed by atoms with E-state index in [4.69, 9.17) is 5.73 Å². The third-order valence-electron chi connectivity index (χ3n) is 8.76. The number of sulfonamides is 1. The maximum Gasteiger partial charge on any atom is 0.244 e. The van der Waals surface area contributed by atoms with Gasteiger partial charge in [-0.1, -0.05) is 84.0 Å². The lowest BCUT2D eigenvalue weighted by Crippen LogP contribution is -2.49. The quantitative estimate of drug-likeness (QED) is 0.266. The minimum Gasteiger partial charge on any atom is -0.368 e. The third kappa shape index (κ3) is 7.95. The Bertz CT molecular complexity index is 1530. The van der Waals surface area contributed by atoms with Gasteiger partial charge in [-0.25, -0.2) is 8.42 Å². The van der Waals surface area contributed by atoms with Crippen molar-refractivity contribution in [2.75, 3.05) is 19.6 Å². The predicted molar refractivity (Wildman–Crippen MR) is 175 cm³/mol. The lowest BCUT2D eigenvalue weighted by Gasteiger charge is -2.25. The van der Waals surface area contributed by atoms with E-state index in [0.717, 1.165) is 22.3 Å². The molecule has 0 spiro atoms. The Labute approximate surface area is 272 Å². The van der Waals surface area contributed by atoms with Crippen LogP contribution in [0.2, 0.25) is 0 Å². The molecule has 0 radical (unpaired) electrons. The molecule has 2 fully saturated rings. The van der Waals surface area contributed by atoms with Gasteiger partial charge in [-0.15, -0.1) is 0 Å². The first-order valence-electron chi connectivity index (χ1n) is 16.0. The molecule has 12 heteroatoms. The number of benzene rings is 2. The Kier molecular flexibility index (Phi) is 10.9. The fourth-order valence-corrected chi connectivity index (χ4v) is 8.53. The number of nitrogens with one attached hydrogen (secondary N) is 2. The maximum absolute atomic E-state index is 14.1. The Morgan fingerprint density at radius 3 is 1.91 bits per heavy atom. The van der Waals surface area contributed by atoms with Crippen LogP contribution in [-0.2, 0) is 35.6 Å². The summed E-state index contributed by atoms with van der Waals surface area (Å²) in [5.41, 5.74) is 9.04. The molecule has 2 aromatic rings. The largest absolute Gasteiger partial charge is 0.368 e. The highest BCUT2D eigenvalue weighted by atomic mass is 32.2. The van der Waals surface area contributed by atoms with Gasteiger partial charge in [0.05, 0.1) is 23.5 Å². The van der Waals surface area contributed by atoms with Crippen LogP contribution in [0.4, 0.5) is 0 Å². The number of primary amides is 1. The molecule has 2 saturated heterocycles. The third-order valence-corrected chi connectivity index (χ3v) is 10.8. The van der Waals surface area contributed by atoms with E-state index in [-0.39, 0.29) is 74.6 Å². The fourth-order valence-electron chi connectivity index (χ4n) is 6.06. The van der Waals surface area contributed by atoms with E-state index < -0.39 is 33.8 Å². The number of hydrogen-bond acceptors (Lipinski definition) is 6. The summed E-state index contributed by atoms with van der Waals surface area (Å²) in [5, 5.41) is 5.01. The first kappa shape index (κ1) is 35.1. The first-order chi connectivity index (χ1) is 21.6. The number of nitrogens with two attached hydrogens (primary N) is 1.